The van der Waals surface area contributed by atoms with Crippen molar-refractivity contribution in [3.63, 3.8) is 0 Å². The topological polar surface area (TPSA) is 12.9 Å². The number of pyridine rings is 1. The van der Waals surface area contributed by atoms with Crippen molar-refractivity contribution in [2.75, 3.05) is 0 Å². The van der Waals surface area contributed by atoms with Crippen LogP contribution in [0.15, 0.2) is 128 Å². The molecule has 0 unspecified atom stereocenters. The van der Waals surface area contributed by atoms with Crippen LogP contribution >= 0.6 is 0 Å². The Hall–Kier alpha value is -4.75. The van der Waals surface area contributed by atoms with Gasteiger partial charge >= 0.3 is 0 Å². The van der Waals surface area contributed by atoms with E-state index in [0.717, 1.165) is 0 Å². The highest BCUT2D eigenvalue weighted by Gasteiger charge is 2.21. The third kappa shape index (κ3) is 4.43. The van der Waals surface area contributed by atoms with Crippen molar-refractivity contribution in [3.8, 4) is 33.4 Å². The molecule has 1 aromatic heterocycles. The molecule has 0 bridgehead atoms. The van der Waals surface area contributed by atoms with Crippen molar-refractivity contribution in [1.29, 1.82) is 0 Å². The molecule has 0 amide bonds. The van der Waals surface area contributed by atoms with Gasteiger partial charge in [-0.05, 0) is 103 Å². The van der Waals surface area contributed by atoms with Crippen LogP contribution < -0.4 is 0 Å². The zero-order chi connectivity index (χ0) is 28.8. The Morgan fingerprint density at radius 3 is 1.67 bits per heavy atom. The van der Waals surface area contributed by atoms with Gasteiger partial charge in [-0.1, -0.05) is 128 Å². The third-order valence-corrected chi connectivity index (χ3v) is 9.73. The maximum atomic E-state index is 4.38. The average Bonchev–Trinajstić information content (AvgIpc) is 3.08. The maximum Gasteiger partial charge on any atom is 0.0349 e. The molecule has 0 aliphatic heterocycles. The van der Waals surface area contributed by atoms with Crippen molar-refractivity contribution in [2.45, 2.75) is 44.9 Å². The fraction of sp³-hybridized carbons (Fsp3) is 0.167. The molecular formula is C42H35N. The van der Waals surface area contributed by atoms with Crippen LogP contribution in [0.2, 0.25) is 0 Å². The van der Waals surface area contributed by atoms with E-state index in [1.54, 1.807) is 0 Å². The third-order valence-electron chi connectivity index (χ3n) is 9.73. The Morgan fingerprint density at radius 1 is 0.488 bits per heavy atom. The molecule has 1 aliphatic rings. The first-order valence-electron chi connectivity index (χ1n) is 15.7. The van der Waals surface area contributed by atoms with E-state index >= 15 is 0 Å². The molecule has 43 heavy (non-hydrogen) atoms. The van der Waals surface area contributed by atoms with Gasteiger partial charge < -0.3 is 0 Å². The van der Waals surface area contributed by atoms with Crippen LogP contribution in [0.25, 0.3) is 65.7 Å². The van der Waals surface area contributed by atoms with E-state index in [1.807, 2.05) is 12.4 Å². The molecule has 1 heteroatoms. The first-order valence-corrected chi connectivity index (χ1v) is 15.7. The van der Waals surface area contributed by atoms with Crippen molar-refractivity contribution in [2.24, 2.45) is 0 Å². The second-order valence-electron chi connectivity index (χ2n) is 12.2. The highest BCUT2D eigenvalue weighted by molar-refractivity contribution is 6.23. The predicted octanol–water partition coefficient (Wildman–Crippen LogP) is 11.9. The van der Waals surface area contributed by atoms with E-state index in [-0.39, 0.29) is 0 Å². The number of rotatable bonds is 4. The number of benzene rings is 6. The normalized spacial score (nSPS) is 14.1. The minimum Gasteiger partial charge on any atom is -0.264 e. The van der Waals surface area contributed by atoms with Crippen molar-refractivity contribution in [1.82, 2.24) is 4.98 Å². The lowest BCUT2D eigenvalue weighted by molar-refractivity contribution is 0.445. The number of fused-ring (bicyclic) bond motifs is 3. The maximum absolute atomic E-state index is 4.38. The monoisotopic (exact) mass is 553 g/mol. The van der Waals surface area contributed by atoms with Crippen LogP contribution in [0.1, 0.15) is 49.1 Å². The molecule has 0 radical (unpaired) electrons. The summed E-state index contributed by atoms with van der Waals surface area (Å²) in [5.74, 6) is 0.669. The second kappa shape index (κ2) is 10.8. The van der Waals surface area contributed by atoms with E-state index in [1.165, 1.54) is 109 Å². The van der Waals surface area contributed by atoms with Crippen molar-refractivity contribution >= 4 is 32.3 Å². The summed E-state index contributed by atoms with van der Waals surface area (Å²) >= 11 is 0. The molecule has 0 spiro atoms. The predicted molar refractivity (Wildman–Crippen MR) is 184 cm³/mol. The van der Waals surface area contributed by atoms with Gasteiger partial charge in [0.15, 0.2) is 0 Å². The van der Waals surface area contributed by atoms with Gasteiger partial charge in [0.05, 0.1) is 0 Å². The zero-order valence-corrected chi connectivity index (χ0v) is 24.7. The highest BCUT2D eigenvalue weighted by atomic mass is 14.6. The lowest BCUT2D eigenvalue weighted by atomic mass is 9.79. The van der Waals surface area contributed by atoms with Crippen LogP contribution in [-0.4, -0.2) is 4.98 Å². The van der Waals surface area contributed by atoms with Crippen LogP contribution in [0, 0.1) is 6.92 Å². The van der Waals surface area contributed by atoms with E-state index < -0.39 is 0 Å². The summed E-state index contributed by atoms with van der Waals surface area (Å²) in [4.78, 5) is 4.38. The summed E-state index contributed by atoms with van der Waals surface area (Å²) in [7, 11) is 0. The van der Waals surface area contributed by atoms with E-state index in [4.69, 9.17) is 0 Å². The van der Waals surface area contributed by atoms with Crippen LogP contribution in [0.5, 0.6) is 0 Å². The van der Waals surface area contributed by atoms with Crippen molar-refractivity contribution in [3.05, 3.63) is 139 Å². The fourth-order valence-electron chi connectivity index (χ4n) is 7.62. The smallest absolute Gasteiger partial charge is 0.0349 e. The largest absolute Gasteiger partial charge is 0.264 e. The van der Waals surface area contributed by atoms with Crippen LogP contribution in [-0.2, 0) is 0 Å². The summed E-state index contributed by atoms with van der Waals surface area (Å²) < 4.78 is 0. The Labute approximate surface area is 253 Å². The summed E-state index contributed by atoms with van der Waals surface area (Å²) in [6.45, 7) is 2.15. The highest BCUT2D eigenvalue weighted by Crippen LogP contribution is 2.47. The van der Waals surface area contributed by atoms with E-state index in [2.05, 4.69) is 127 Å². The standard InChI is InChI=1S/C42H35N/c1-28-25-26-43-27-40(28)30-19-21-31(22-20-30)41-35-15-7-9-17-37(35)42(38-18-10-8-16-36(38)41)39-24-23-32(29-11-3-2-4-12-29)33-13-5-6-14-34(33)39/h5-10,13-27,29H,2-4,11-12H2,1H3. The lowest BCUT2D eigenvalue weighted by Crippen LogP contribution is -2.05. The minimum absolute atomic E-state index is 0.669. The zero-order valence-electron chi connectivity index (χ0n) is 24.7. The molecule has 0 N–H and O–H groups in total. The summed E-state index contributed by atoms with van der Waals surface area (Å²) in [6, 6.07) is 43.1. The van der Waals surface area contributed by atoms with Gasteiger partial charge in [0.2, 0.25) is 0 Å². The van der Waals surface area contributed by atoms with Crippen LogP contribution in [0.4, 0.5) is 0 Å². The second-order valence-corrected chi connectivity index (χ2v) is 12.2. The molecule has 8 rings (SSSR count). The molecule has 1 aliphatic carbocycles. The molecule has 1 nitrogen and oxygen atoms in total. The van der Waals surface area contributed by atoms with Gasteiger partial charge in [-0.3, -0.25) is 4.98 Å². The summed E-state index contributed by atoms with van der Waals surface area (Å²) in [6.07, 6.45) is 10.5. The first-order chi connectivity index (χ1) is 21.3. The summed E-state index contributed by atoms with van der Waals surface area (Å²) in [5, 5.41) is 7.98. The van der Waals surface area contributed by atoms with E-state index in [9.17, 15) is 0 Å². The van der Waals surface area contributed by atoms with Gasteiger partial charge in [0.25, 0.3) is 0 Å². The average molecular weight is 554 g/mol. The van der Waals surface area contributed by atoms with Gasteiger partial charge in [0, 0.05) is 18.0 Å². The SMILES string of the molecule is Cc1ccncc1-c1ccc(-c2c3ccccc3c(-c3ccc(C4CCCCC4)c4ccccc34)c3ccccc23)cc1. The van der Waals surface area contributed by atoms with Gasteiger partial charge in [-0.25, -0.2) is 0 Å². The number of hydrogen-bond donors (Lipinski definition) is 0. The Kier molecular flexibility index (Phi) is 6.52. The van der Waals surface area contributed by atoms with Crippen LogP contribution in [0.3, 0.4) is 0 Å². The molecule has 6 aromatic carbocycles. The van der Waals surface area contributed by atoms with Gasteiger partial charge in [-0.15, -0.1) is 0 Å². The lowest BCUT2D eigenvalue weighted by Gasteiger charge is -2.25. The van der Waals surface area contributed by atoms with Crippen molar-refractivity contribution < 1.29 is 0 Å². The minimum atomic E-state index is 0.669. The molecule has 1 heterocycles. The van der Waals surface area contributed by atoms with E-state index in [0.29, 0.717) is 5.92 Å². The number of hydrogen-bond acceptors (Lipinski definition) is 1. The Balaban J connectivity index is 1.37. The first kappa shape index (κ1) is 25.9. The Morgan fingerprint density at radius 2 is 1.05 bits per heavy atom. The molecule has 7 aromatic rings. The summed E-state index contributed by atoms with van der Waals surface area (Å²) in [5.41, 5.74) is 10.4. The quantitative estimate of drug-likeness (QED) is 0.198. The number of aryl methyl sites for hydroxylation is 1. The molecular weight excluding hydrogens is 518 g/mol. The van der Waals surface area contributed by atoms with Gasteiger partial charge in [-0.2, -0.15) is 0 Å². The molecule has 1 fully saturated rings. The number of aromatic nitrogens is 1. The molecule has 208 valence electrons. The molecule has 0 saturated heterocycles. The number of nitrogens with zero attached hydrogens (tertiary/aromatic N) is 1. The molecule has 0 atom stereocenters. The fourth-order valence-corrected chi connectivity index (χ4v) is 7.62. The molecule has 1 saturated carbocycles. The Bertz CT molecular complexity index is 2060. The van der Waals surface area contributed by atoms with Gasteiger partial charge in [0.1, 0.15) is 0 Å².